The van der Waals surface area contributed by atoms with E-state index < -0.39 is 11.9 Å². The first kappa shape index (κ1) is 12.1. The minimum absolute atomic E-state index is 0.359. The van der Waals surface area contributed by atoms with E-state index in [1.54, 1.807) is 0 Å². The third-order valence-electron chi connectivity index (χ3n) is 1.78. The highest BCUT2D eigenvalue weighted by Gasteiger charge is 2.27. The van der Waals surface area contributed by atoms with E-state index in [4.69, 9.17) is 0 Å². The van der Waals surface area contributed by atoms with Gasteiger partial charge in [0.1, 0.15) is 0 Å². The van der Waals surface area contributed by atoms with Gasteiger partial charge in [-0.15, -0.1) is 0 Å². The Morgan fingerprint density at radius 2 is 1.67 bits per heavy atom. The van der Waals surface area contributed by atoms with E-state index in [9.17, 15) is 13.2 Å². The van der Waals surface area contributed by atoms with Gasteiger partial charge in [0, 0.05) is 0 Å². The molecule has 0 bridgehead atoms. The first-order valence-electron chi connectivity index (χ1n) is 3.97. The molecule has 1 atom stereocenters. The van der Waals surface area contributed by atoms with Gasteiger partial charge in [0.15, 0.2) is 0 Å². The van der Waals surface area contributed by atoms with Crippen LogP contribution in [0.5, 0.6) is 0 Å². The zero-order chi connectivity index (χ0) is 9.78. The van der Waals surface area contributed by atoms with Crippen molar-refractivity contribution in [2.24, 2.45) is 11.8 Å². The molecule has 0 aliphatic carbocycles. The molecule has 0 aromatic carbocycles. The van der Waals surface area contributed by atoms with Gasteiger partial charge >= 0.3 is 6.18 Å². The second-order valence-corrected chi connectivity index (χ2v) is 4.38. The van der Waals surface area contributed by atoms with E-state index in [1.165, 1.54) is 0 Å². The van der Waals surface area contributed by atoms with Crippen LogP contribution in [-0.4, -0.2) is 17.7 Å². The number of hydrogen-bond donors (Lipinski definition) is 0. The standard InChI is InChI=1S/C8H15F3S/c1-6(2)7(3)4-12-5-8(9,10)11/h6-7H,4-5H2,1-3H3/t7-/m0/s1. The molecular weight excluding hydrogens is 185 g/mol. The smallest absolute Gasteiger partial charge is 0.170 e. The van der Waals surface area contributed by atoms with Crippen molar-refractivity contribution in [3.63, 3.8) is 0 Å². The van der Waals surface area contributed by atoms with Crippen LogP contribution in [-0.2, 0) is 0 Å². The van der Waals surface area contributed by atoms with Crippen molar-refractivity contribution in [3.8, 4) is 0 Å². The van der Waals surface area contributed by atoms with Gasteiger partial charge in [-0.1, -0.05) is 20.8 Å². The molecule has 0 aromatic rings. The lowest BCUT2D eigenvalue weighted by molar-refractivity contribution is -0.105. The second kappa shape index (κ2) is 5.00. The lowest BCUT2D eigenvalue weighted by atomic mass is 10.0. The maximum Gasteiger partial charge on any atom is 0.397 e. The summed E-state index contributed by atoms with van der Waals surface area (Å²) in [6, 6.07) is 0. The van der Waals surface area contributed by atoms with Crippen LogP contribution in [0.3, 0.4) is 0 Å². The summed E-state index contributed by atoms with van der Waals surface area (Å²) in [5.41, 5.74) is 0. The zero-order valence-corrected chi connectivity index (χ0v) is 8.43. The van der Waals surface area contributed by atoms with Crippen molar-refractivity contribution in [2.75, 3.05) is 11.5 Å². The molecule has 0 aliphatic rings. The Kier molecular flexibility index (Phi) is 5.06. The SMILES string of the molecule is CC(C)[C@@H](C)CSCC(F)(F)F. The van der Waals surface area contributed by atoms with E-state index >= 15 is 0 Å². The summed E-state index contributed by atoms with van der Waals surface area (Å²) in [4.78, 5) is 0. The fourth-order valence-corrected chi connectivity index (χ4v) is 1.66. The normalized spacial score (nSPS) is 15.2. The van der Waals surface area contributed by atoms with E-state index in [-0.39, 0.29) is 0 Å². The molecule has 0 spiro atoms. The molecule has 0 fully saturated rings. The third-order valence-corrected chi connectivity index (χ3v) is 3.08. The van der Waals surface area contributed by atoms with Crippen LogP contribution >= 0.6 is 11.8 Å². The average molecular weight is 200 g/mol. The first-order chi connectivity index (χ1) is 5.33. The molecule has 74 valence electrons. The van der Waals surface area contributed by atoms with Crippen molar-refractivity contribution >= 4 is 11.8 Å². The van der Waals surface area contributed by atoms with Gasteiger partial charge in [-0.3, -0.25) is 0 Å². The molecule has 4 heteroatoms. The molecule has 0 saturated heterocycles. The van der Waals surface area contributed by atoms with Crippen LogP contribution in [0.1, 0.15) is 20.8 Å². The van der Waals surface area contributed by atoms with E-state index in [2.05, 4.69) is 0 Å². The minimum atomic E-state index is -4.01. The summed E-state index contributed by atoms with van der Waals surface area (Å²) < 4.78 is 35.1. The molecule has 0 heterocycles. The Balaban J connectivity index is 3.44. The summed E-state index contributed by atoms with van der Waals surface area (Å²) in [5.74, 6) is 0.699. The molecular formula is C8H15F3S. The van der Waals surface area contributed by atoms with Crippen LogP contribution in [0.15, 0.2) is 0 Å². The van der Waals surface area contributed by atoms with Gasteiger partial charge in [0.25, 0.3) is 0 Å². The Hall–Kier alpha value is 0.140. The Bertz CT molecular complexity index is 120. The monoisotopic (exact) mass is 200 g/mol. The fourth-order valence-electron chi connectivity index (χ4n) is 0.553. The Morgan fingerprint density at radius 1 is 1.17 bits per heavy atom. The van der Waals surface area contributed by atoms with Gasteiger partial charge in [-0.25, -0.2) is 0 Å². The molecule has 12 heavy (non-hydrogen) atoms. The summed E-state index contributed by atoms with van der Waals surface area (Å²) >= 11 is 0.972. The molecule has 0 unspecified atom stereocenters. The summed E-state index contributed by atoms with van der Waals surface area (Å²) in [7, 11) is 0. The number of alkyl halides is 3. The number of halogens is 3. The van der Waals surface area contributed by atoms with E-state index in [0.717, 1.165) is 11.8 Å². The zero-order valence-electron chi connectivity index (χ0n) is 7.61. The predicted molar refractivity (Wildman–Crippen MR) is 47.4 cm³/mol. The summed E-state index contributed by atoms with van der Waals surface area (Å²) in [6.07, 6.45) is -4.01. The van der Waals surface area contributed by atoms with Crippen molar-refractivity contribution in [1.82, 2.24) is 0 Å². The molecule has 0 nitrogen and oxygen atoms in total. The van der Waals surface area contributed by atoms with E-state index in [0.29, 0.717) is 17.6 Å². The largest absolute Gasteiger partial charge is 0.397 e. The van der Waals surface area contributed by atoms with Crippen LogP contribution in [0.4, 0.5) is 13.2 Å². The molecule has 0 aliphatic heterocycles. The first-order valence-corrected chi connectivity index (χ1v) is 5.13. The topological polar surface area (TPSA) is 0 Å². The average Bonchev–Trinajstić information content (AvgIpc) is 1.84. The van der Waals surface area contributed by atoms with Gasteiger partial charge in [0.05, 0.1) is 5.75 Å². The Labute approximate surface area is 75.9 Å². The van der Waals surface area contributed by atoms with E-state index in [1.807, 2.05) is 20.8 Å². The van der Waals surface area contributed by atoms with Crippen molar-refractivity contribution in [2.45, 2.75) is 26.9 Å². The molecule has 0 aromatic heterocycles. The van der Waals surface area contributed by atoms with Crippen LogP contribution in [0.2, 0.25) is 0 Å². The number of hydrogen-bond acceptors (Lipinski definition) is 1. The van der Waals surface area contributed by atoms with Gasteiger partial charge in [-0.2, -0.15) is 24.9 Å². The maximum atomic E-state index is 11.7. The van der Waals surface area contributed by atoms with Gasteiger partial charge < -0.3 is 0 Å². The van der Waals surface area contributed by atoms with Crippen LogP contribution in [0.25, 0.3) is 0 Å². The predicted octanol–water partition coefficient (Wildman–Crippen LogP) is 3.57. The molecule has 0 N–H and O–H groups in total. The Morgan fingerprint density at radius 3 is 2.00 bits per heavy atom. The van der Waals surface area contributed by atoms with Gasteiger partial charge in [-0.05, 0) is 17.6 Å². The second-order valence-electron chi connectivity index (χ2n) is 3.35. The van der Waals surface area contributed by atoms with Crippen LogP contribution < -0.4 is 0 Å². The number of rotatable bonds is 4. The van der Waals surface area contributed by atoms with Crippen molar-refractivity contribution in [3.05, 3.63) is 0 Å². The quantitative estimate of drug-likeness (QED) is 0.668. The summed E-state index contributed by atoms with van der Waals surface area (Å²) in [5, 5.41) is 0. The number of thioether (sulfide) groups is 1. The molecule has 0 radical (unpaired) electrons. The van der Waals surface area contributed by atoms with Crippen molar-refractivity contribution < 1.29 is 13.2 Å². The fraction of sp³-hybridized carbons (Fsp3) is 1.00. The lowest BCUT2D eigenvalue weighted by Crippen LogP contribution is -2.14. The molecule has 0 saturated carbocycles. The van der Waals surface area contributed by atoms with Gasteiger partial charge in [0.2, 0.25) is 0 Å². The minimum Gasteiger partial charge on any atom is -0.170 e. The highest BCUT2D eigenvalue weighted by atomic mass is 32.2. The summed E-state index contributed by atoms with van der Waals surface area (Å²) in [6.45, 7) is 6.03. The molecule has 0 rings (SSSR count). The maximum absolute atomic E-state index is 11.7. The van der Waals surface area contributed by atoms with Crippen molar-refractivity contribution in [1.29, 1.82) is 0 Å². The highest BCUT2D eigenvalue weighted by Crippen LogP contribution is 2.24. The lowest BCUT2D eigenvalue weighted by Gasteiger charge is -2.15. The highest BCUT2D eigenvalue weighted by molar-refractivity contribution is 7.99. The van der Waals surface area contributed by atoms with Crippen LogP contribution in [0, 0.1) is 11.8 Å². The molecule has 0 amide bonds. The third kappa shape index (κ3) is 6.83.